The molecule has 3 heterocycles. The Hall–Kier alpha value is -2.41. The number of hydrogen-bond donors (Lipinski definition) is 1. The zero-order valence-electron chi connectivity index (χ0n) is 22.4. The number of carbonyl (C=O) groups is 1. The molecule has 0 bridgehead atoms. The highest BCUT2D eigenvalue weighted by atomic mass is 16.3. The van der Waals surface area contributed by atoms with Gasteiger partial charge in [-0.3, -0.25) is 9.69 Å². The Morgan fingerprint density at radius 1 is 1.03 bits per heavy atom. The maximum atomic E-state index is 13.5. The van der Waals surface area contributed by atoms with Gasteiger partial charge in [0.25, 0.3) is 5.91 Å². The number of aliphatic hydroxyl groups excluding tert-OH is 1. The Morgan fingerprint density at radius 3 is 2.47 bits per heavy atom. The highest BCUT2D eigenvalue weighted by Gasteiger charge is 2.38. The van der Waals surface area contributed by atoms with Crippen molar-refractivity contribution in [3.05, 3.63) is 64.7 Å². The van der Waals surface area contributed by atoms with Gasteiger partial charge in [-0.15, -0.1) is 0 Å². The van der Waals surface area contributed by atoms with E-state index in [4.69, 9.17) is 0 Å². The van der Waals surface area contributed by atoms with Crippen LogP contribution in [-0.4, -0.2) is 91.2 Å². The minimum absolute atomic E-state index is 0.0465. The summed E-state index contributed by atoms with van der Waals surface area (Å²) in [6.07, 6.45) is 2.79. The quantitative estimate of drug-likeness (QED) is 0.673. The number of aliphatic hydroxyl groups is 1. The molecule has 0 radical (unpaired) electrons. The van der Waals surface area contributed by atoms with E-state index in [1.54, 1.807) is 0 Å². The summed E-state index contributed by atoms with van der Waals surface area (Å²) >= 11 is 0. The van der Waals surface area contributed by atoms with E-state index >= 15 is 0 Å². The molecular weight excluding hydrogens is 448 g/mol. The van der Waals surface area contributed by atoms with Crippen LogP contribution in [-0.2, 0) is 18.4 Å². The SMILES string of the molecule is CN(C)C1CCN(c2ccc3c(c2)C(C)(C)CN(CC(O)CN2CCc4ccccc4C2)C3=O)CC1. The number of nitrogens with zero attached hydrogens (tertiary/aromatic N) is 4. The molecule has 3 aliphatic heterocycles. The lowest BCUT2D eigenvalue weighted by molar-refractivity contribution is 0.0431. The van der Waals surface area contributed by atoms with Crippen LogP contribution in [0.2, 0.25) is 0 Å². The van der Waals surface area contributed by atoms with Gasteiger partial charge in [-0.25, -0.2) is 0 Å². The Balaban J connectivity index is 1.24. The molecule has 1 amide bonds. The monoisotopic (exact) mass is 490 g/mol. The number of anilines is 1. The average molecular weight is 491 g/mol. The van der Waals surface area contributed by atoms with Crippen molar-refractivity contribution in [1.29, 1.82) is 0 Å². The van der Waals surface area contributed by atoms with Crippen molar-refractivity contribution < 1.29 is 9.90 Å². The summed E-state index contributed by atoms with van der Waals surface area (Å²) in [5.41, 5.74) is 5.75. The van der Waals surface area contributed by atoms with E-state index in [1.807, 2.05) is 11.0 Å². The highest BCUT2D eigenvalue weighted by Crippen LogP contribution is 2.36. The number of rotatable bonds is 6. The summed E-state index contributed by atoms with van der Waals surface area (Å²) in [6, 6.07) is 15.6. The fourth-order valence-electron chi connectivity index (χ4n) is 6.39. The van der Waals surface area contributed by atoms with Gasteiger partial charge < -0.3 is 19.8 Å². The topological polar surface area (TPSA) is 50.3 Å². The number of piperidine rings is 1. The van der Waals surface area contributed by atoms with Crippen LogP contribution in [0.3, 0.4) is 0 Å². The second kappa shape index (κ2) is 10.2. The van der Waals surface area contributed by atoms with Crippen molar-refractivity contribution in [2.75, 3.05) is 58.3 Å². The minimum atomic E-state index is -0.561. The van der Waals surface area contributed by atoms with Gasteiger partial charge in [0.2, 0.25) is 0 Å². The van der Waals surface area contributed by atoms with Crippen molar-refractivity contribution in [1.82, 2.24) is 14.7 Å². The molecule has 6 nitrogen and oxygen atoms in total. The van der Waals surface area contributed by atoms with E-state index in [2.05, 4.69) is 79.0 Å². The fraction of sp³-hybridized carbons (Fsp3) is 0.567. The maximum Gasteiger partial charge on any atom is 0.254 e. The van der Waals surface area contributed by atoms with Crippen LogP contribution in [0.1, 0.15) is 53.7 Å². The molecule has 0 spiro atoms. The first-order valence-corrected chi connectivity index (χ1v) is 13.5. The third-order valence-electron chi connectivity index (χ3n) is 8.51. The van der Waals surface area contributed by atoms with Crippen molar-refractivity contribution in [2.24, 2.45) is 0 Å². The zero-order chi connectivity index (χ0) is 25.4. The summed E-state index contributed by atoms with van der Waals surface area (Å²) in [5, 5.41) is 11.0. The molecule has 6 heteroatoms. The van der Waals surface area contributed by atoms with Crippen LogP contribution in [0.5, 0.6) is 0 Å². The molecule has 5 rings (SSSR count). The van der Waals surface area contributed by atoms with Gasteiger partial charge in [-0.2, -0.15) is 0 Å². The summed E-state index contributed by atoms with van der Waals surface area (Å²) in [6.45, 7) is 9.96. The first-order chi connectivity index (χ1) is 17.2. The molecule has 0 saturated carbocycles. The van der Waals surface area contributed by atoms with Crippen molar-refractivity contribution in [2.45, 2.75) is 57.2 Å². The lowest BCUT2D eigenvalue weighted by atomic mass is 9.77. The molecular formula is C30H42N4O2. The normalized spacial score (nSPS) is 21.4. The summed E-state index contributed by atoms with van der Waals surface area (Å²) < 4.78 is 0. The van der Waals surface area contributed by atoms with Gasteiger partial charge in [0.15, 0.2) is 0 Å². The van der Waals surface area contributed by atoms with Crippen molar-refractivity contribution >= 4 is 11.6 Å². The molecule has 0 aromatic heterocycles. The zero-order valence-corrected chi connectivity index (χ0v) is 22.4. The van der Waals surface area contributed by atoms with Crippen LogP contribution in [0.4, 0.5) is 5.69 Å². The minimum Gasteiger partial charge on any atom is -0.390 e. The highest BCUT2D eigenvalue weighted by molar-refractivity contribution is 5.98. The van der Waals surface area contributed by atoms with Gasteiger partial charge in [-0.1, -0.05) is 38.1 Å². The van der Waals surface area contributed by atoms with Crippen LogP contribution >= 0.6 is 0 Å². The molecule has 1 atom stereocenters. The molecule has 194 valence electrons. The van der Waals surface area contributed by atoms with Crippen LogP contribution in [0.25, 0.3) is 0 Å². The number of hydrogen-bond acceptors (Lipinski definition) is 5. The average Bonchev–Trinajstić information content (AvgIpc) is 2.86. The van der Waals surface area contributed by atoms with Crippen LogP contribution in [0, 0.1) is 0 Å². The summed E-state index contributed by atoms with van der Waals surface area (Å²) in [7, 11) is 4.34. The summed E-state index contributed by atoms with van der Waals surface area (Å²) in [5.74, 6) is 0.0465. The van der Waals surface area contributed by atoms with Gasteiger partial charge in [-0.05, 0) is 68.2 Å². The Labute approximate surface area is 216 Å². The predicted molar refractivity (Wildman–Crippen MR) is 146 cm³/mol. The fourth-order valence-corrected chi connectivity index (χ4v) is 6.39. The number of carbonyl (C=O) groups excluding carboxylic acids is 1. The molecule has 1 fully saturated rings. The second-order valence-electron chi connectivity index (χ2n) is 11.9. The van der Waals surface area contributed by atoms with Crippen molar-refractivity contribution in [3.8, 4) is 0 Å². The van der Waals surface area contributed by atoms with E-state index < -0.39 is 6.10 Å². The third kappa shape index (κ3) is 5.17. The molecule has 1 saturated heterocycles. The van der Waals surface area contributed by atoms with Gasteiger partial charge in [0.1, 0.15) is 0 Å². The first-order valence-electron chi connectivity index (χ1n) is 13.5. The Morgan fingerprint density at radius 2 is 1.75 bits per heavy atom. The number of amides is 1. The molecule has 2 aromatic carbocycles. The van der Waals surface area contributed by atoms with Gasteiger partial charge in [0.05, 0.1) is 6.10 Å². The van der Waals surface area contributed by atoms with E-state index in [0.29, 0.717) is 25.7 Å². The molecule has 3 aliphatic rings. The van der Waals surface area contributed by atoms with E-state index in [-0.39, 0.29) is 11.3 Å². The molecule has 36 heavy (non-hydrogen) atoms. The number of β-amino-alcohol motifs (C(OH)–C–C–N with tert-alkyl or cyclic N) is 1. The van der Waals surface area contributed by atoms with Crippen molar-refractivity contribution in [3.63, 3.8) is 0 Å². The molecule has 1 unspecified atom stereocenters. The number of benzene rings is 2. The molecule has 0 aliphatic carbocycles. The van der Waals surface area contributed by atoms with Crippen LogP contribution < -0.4 is 4.90 Å². The van der Waals surface area contributed by atoms with E-state index in [9.17, 15) is 9.90 Å². The molecule has 1 N–H and O–H groups in total. The summed E-state index contributed by atoms with van der Waals surface area (Å²) in [4.78, 5) is 22.5. The lowest BCUT2D eigenvalue weighted by Crippen LogP contribution is -2.51. The predicted octanol–water partition coefficient (Wildman–Crippen LogP) is 3.37. The molecule has 2 aromatic rings. The first kappa shape index (κ1) is 25.2. The third-order valence-corrected chi connectivity index (χ3v) is 8.51. The Bertz CT molecular complexity index is 1090. The van der Waals surface area contributed by atoms with Gasteiger partial charge in [0, 0.05) is 68.5 Å². The van der Waals surface area contributed by atoms with Crippen LogP contribution in [0.15, 0.2) is 42.5 Å². The smallest absolute Gasteiger partial charge is 0.254 e. The largest absolute Gasteiger partial charge is 0.390 e. The Kier molecular flexibility index (Phi) is 7.12. The number of fused-ring (bicyclic) bond motifs is 2. The maximum absolute atomic E-state index is 13.5. The standard InChI is InChI=1S/C30H42N4O2/c1-30(2)21-34(20-26(35)19-32-14-11-22-7-5-6-8-23(22)18-32)29(36)27-10-9-25(17-28(27)30)33-15-12-24(13-16-33)31(3)4/h5-10,17,24,26,35H,11-16,18-21H2,1-4H3. The van der Waals surface area contributed by atoms with E-state index in [1.165, 1.54) is 29.7 Å². The lowest BCUT2D eigenvalue weighted by Gasteiger charge is -2.42. The van der Waals surface area contributed by atoms with Gasteiger partial charge >= 0.3 is 0 Å². The van der Waals surface area contributed by atoms with E-state index in [0.717, 1.165) is 43.7 Å². The second-order valence-corrected chi connectivity index (χ2v) is 11.9.